The first-order chi connectivity index (χ1) is 10.5. The molecule has 2 aromatic carbocycles. The van der Waals surface area contributed by atoms with Gasteiger partial charge in [-0.3, -0.25) is 4.79 Å². The normalized spacial score (nSPS) is 10.6. The summed E-state index contributed by atoms with van der Waals surface area (Å²) < 4.78 is 0. The Balaban J connectivity index is 2.04. The standard InChI is InChI=1S/C15H10Cl2N2O3/c16-11-5-6-13(17)12(7-11)14(20)19-18-8-9-1-3-10(4-2-9)15(21)22/h1-8H,(H,19,20)(H,21,22)/p-1/b18-8-. The van der Waals surface area contributed by atoms with Gasteiger partial charge >= 0.3 is 0 Å². The van der Waals surface area contributed by atoms with E-state index in [1.165, 1.54) is 42.6 Å². The van der Waals surface area contributed by atoms with E-state index in [9.17, 15) is 14.7 Å². The van der Waals surface area contributed by atoms with Crippen LogP contribution in [0.5, 0.6) is 0 Å². The van der Waals surface area contributed by atoms with Gasteiger partial charge in [0.05, 0.1) is 22.8 Å². The van der Waals surface area contributed by atoms with Crippen molar-refractivity contribution in [2.45, 2.75) is 0 Å². The van der Waals surface area contributed by atoms with E-state index in [0.717, 1.165) is 0 Å². The fraction of sp³-hybridized carbons (Fsp3) is 0. The molecular formula is C15H9Cl2N2O3-. The summed E-state index contributed by atoms with van der Waals surface area (Å²) in [6.07, 6.45) is 1.37. The highest BCUT2D eigenvalue weighted by Gasteiger charge is 2.09. The number of hydrogen-bond donors (Lipinski definition) is 1. The van der Waals surface area contributed by atoms with E-state index in [1.807, 2.05) is 0 Å². The fourth-order valence-corrected chi connectivity index (χ4v) is 1.98. The van der Waals surface area contributed by atoms with Crippen LogP contribution in [0, 0.1) is 0 Å². The highest BCUT2D eigenvalue weighted by molar-refractivity contribution is 6.35. The van der Waals surface area contributed by atoms with Gasteiger partial charge in [-0.15, -0.1) is 0 Å². The number of carbonyl (C=O) groups is 2. The average molecular weight is 336 g/mol. The molecule has 112 valence electrons. The first kappa shape index (κ1) is 16.0. The number of halogens is 2. The maximum atomic E-state index is 11.9. The molecule has 0 aliphatic rings. The van der Waals surface area contributed by atoms with Crippen LogP contribution in [0.25, 0.3) is 0 Å². The lowest BCUT2D eigenvalue weighted by molar-refractivity contribution is -0.255. The summed E-state index contributed by atoms with van der Waals surface area (Å²) in [7, 11) is 0. The average Bonchev–Trinajstić information content (AvgIpc) is 2.50. The van der Waals surface area contributed by atoms with Crippen LogP contribution in [0.3, 0.4) is 0 Å². The predicted octanol–water partition coefficient (Wildman–Crippen LogP) is 2.12. The fourth-order valence-electron chi connectivity index (χ4n) is 1.60. The van der Waals surface area contributed by atoms with Gasteiger partial charge in [0.2, 0.25) is 0 Å². The lowest BCUT2D eigenvalue weighted by atomic mass is 10.1. The number of carboxylic acids is 1. The number of hydrazone groups is 1. The molecule has 0 saturated heterocycles. The van der Waals surface area contributed by atoms with Crippen LogP contribution in [0.2, 0.25) is 10.0 Å². The quantitative estimate of drug-likeness (QED) is 0.686. The molecule has 1 amide bonds. The Morgan fingerprint density at radius 3 is 2.41 bits per heavy atom. The molecule has 0 fully saturated rings. The molecule has 1 N–H and O–H groups in total. The SMILES string of the molecule is O=C([O-])c1ccc(/C=N\NC(=O)c2cc(Cl)ccc2Cl)cc1. The van der Waals surface area contributed by atoms with Crippen molar-refractivity contribution in [2.24, 2.45) is 5.10 Å². The summed E-state index contributed by atoms with van der Waals surface area (Å²) >= 11 is 11.7. The number of nitrogens with one attached hydrogen (secondary N) is 1. The summed E-state index contributed by atoms with van der Waals surface area (Å²) in [6, 6.07) is 10.4. The molecule has 0 aliphatic heterocycles. The number of rotatable bonds is 4. The summed E-state index contributed by atoms with van der Waals surface area (Å²) in [5, 5.41) is 15.0. The van der Waals surface area contributed by atoms with Gasteiger partial charge in [0, 0.05) is 5.02 Å². The van der Waals surface area contributed by atoms with Crippen molar-refractivity contribution in [1.82, 2.24) is 5.43 Å². The minimum Gasteiger partial charge on any atom is -0.545 e. The molecule has 0 saturated carbocycles. The molecule has 0 aliphatic carbocycles. The molecule has 0 spiro atoms. The van der Waals surface area contributed by atoms with E-state index in [-0.39, 0.29) is 16.1 Å². The number of aromatic carboxylic acids is 1. The zero-order valence-electron chi connectivity index (χ0n) is 11.0. The highest BCUT2D eigenvalue weighted by Crippen LogP contribution is 2.20. The smallest absolute Gasteiger partial charge is 0.272 e. The molecule has 2 aromatic rings. The van der Waals surface area contributed by atoms with Crippen LogP contribution in [-0.4, -0.2) is 18.1 Å². The van der Waals surface area contributed by atoms with Crippen molar-refractivity contribution in [2.75, 3.05) is 0 Å². The Bertz CT molecular complexity index is 743. The third kappa shape index (κ3) is 4.07. The second-order valence-corrected chi connectivity index (χ2v) is 5.08. The Hall–Kier alpha value is -2.37. The molecule has 7 heteroatoms. The first-order valence-corrected chi connectivity index (χ1v) is 6.83. The van der Waals surface area contributed by atoms with Crippen molar-refractivity contribution in [3.63, 3.8) is 0 Å². The van der Waals surface area contributed by atoms with Crippen LogP contribution in [0.1, 0.15) is 26.3 Å². The van der Waals surface area contributed by atoms with Gasteiger partial charge in [0.25, 0.3) is 5.91 Å². The van der Waals surface area contributed by atoms with Crippen LogP contribution in [0.4, 0.5) is 0 Å². The van der Waals surface area contributed by atoms with Crippen LogP contribution in [0.15, 0.2) is 47.6 Å². The summed E-state index contributed by atoms with van der Waals surface area (Å²) in [4.78, 5) is 22.5. The maximum Gasteiger partial charge on any atom is 0.272 e. The number of carbonyl (C=O) groups excluding carboxylic acids is 2. The van der Waals surface area contributed by atoms with Crippen LogP contribution in [-0.2, 0) is 0 Å². The van der Waals surface area contributed by atoms with Crippen molar-refractivity contribution < 1.29 is 14.7 Å². The predicted molar refractivity (Wildman–Crippen MR) is 82.3 cm³/mol. The molecule has 0 atom stereocenters. The van der Waals surface area contributed by atoms with Crippen molar-refractivity contribution >= 4 is 41.3 Å². The molecule has 22 heavy (non-hydrogen) atoms. The molecule has 5 nitrogen and oxygen atoms in total. The molecule has 0 radical (unpaired) electrons. The lowest BCUT2D eigenvalue weighted by Gasteiger charge is -2.03. The monoisotopic (exact) mass is 335 g/mol. The molecular weight excluding hydrogens is 327 g/mol. The number of hydrogen-bond acceptors (Lipinski definition) is 4. The summed E-state index contributed by atoms with van der Waals surface area (Å²) in [6.45, 7) is 0. The first-order valence-electron chi connectivity index (χ1n) is 6.07. The van der Waals surface area contributed by atoms with E-state index in [0.29, 0.717) is 10.6 Å². The van der Waals surface area contributed by atoms with E-state index in [2.05, 4.69) is 10.5 Å². The molecule has 0 heterocycles. The molecule has 2 rings (SSSR count). The summed E-state index contributed by atoms with van der Waals surface area (Å²) in [5.74, 6) is -1.76. The Morgan fingerprint density at radius 1 is 1.09 bits per heavy atom. The maximum absolute atomic E-state index is 11.9. The molecule has 0 bridgehead atoms. The highest BCUT2D eigenvalue weighted by atomic mass is 35.5. The van der Waals surface area contributed by atoms with Crippen LogP contribution < -0.4 is 10.5 Å². The van der Waals surface area contributed by atoms with Gasteiger partial charge in [-0.25, -0.2) is 5.43 Å². The zero-order chi connectivity index (χ0) is 16.1. The third-order valence-electron chi connectivity index (χ3n) is 2.70. The Kier molecular flexibility index (Phi) is 5.14. The number of carboxylic acid groups (broad SMARTS) is 1. The minimum atomic E-state index is -1.26. The zero-order valence-corrected chi connectivity index (χ0v) is 12.6. The van der Waals surface area contributed by atoms with Gasteiger partial charge in [-0.1, -0.05) is 47.5 Å². The van der Waals surface area contributed by atoms with Gasteiger partial charge in [0.15, 0.2) is 0 Å². The van der Waals surface area contributed by atoms with E-state index in [1.54, 1.807) is 6.07 Å². The number of amides is 1. The third-order valence-corrected chi connectivity index (χ3v) is 3.26. The van der Waals surface area contributed by atoms with E-state index >= 15 is 0 Å². The minimum absolute atomic E-state index is 0.0619. The van der Waals surface area contributed by atoms with Crippen molar-refractivity contribution in [3.8, 4) is 0 Å². The van der Waals surface area contributed by atoms with Crippen molar-refractivity contribution in [1.29, 1.82) is 0 Å². The number of benzene rings is 2. The lowest BCUT2D eigenvalue weighted by Crippen LogP contribution is -2.22. The van der Waals surface area contributed by atoms with Gasteiger partial charge in [-0.2, -0.15) is 5.10 Å². The Morgan fingerprint density at radius 2 is 1.77 bits per heavy atom. The van der Waals surface area contributed by atoms with Gasteiger partial charge < -0.3 is 9.90 Å². The van der Waals surface area contributed by atoms with Gasteiger partial charge in [0.1, 0.15) is 0 Å². The van der Waals surface area contributed by atoms with E-state index < -0.39 is 11.9 Å². The second kappa shape index (κ2) is 7.06. The van der Waals surface area contributed by atoms with Crippen molar-refractivity contribution in [3.05, 3.63) is 69.2 Å². The Labute approximate surface area is 136 Å². The topological polar surface area (TPSA) is 81.6 Å². The molecule has 0 unspecified atom stereocenters. The van der Waals surface area contributed by atoms with E-state index in [4.69, 9.17) is 23.2 Å². The van der Waals surface area contributed by atoms with Gasteiger partial charge in [-0.05, 0) is 29.3 Å². The number of nitrogens with zero attached hydrogens (tertiary/aromatic N) is 1. The largest absolute Gasteiger partial charge is 0.545 e. The summed E-state index contributed by atoms with van der Waals surface area (Å²) in [5.41, 5.74) is 3.19. The molecule has 0 aromatic heterocycles. The second-order valence-electron chi connectivity index (χ2n) is 4.23. The van der Waals surface area contributed by atoms with Crippen LogP contribution >= 0.6 is 23.2 Å².